The van der Waals surface area contributed by atoms with Gasteiger partial charge in [-0.15, -0.1) is 11.8 Å². The number of nitrogens with one attached hydrogen (secondary N) is 4. The molecule has 0 fully saturated rings. The maximum absolute atomic E-state index is 12.9. The Kier molecular flexibility index (Phi) is 11.7. The Morgan fingerprint density at radius 1 is 1.00 bits per heavy atom. The highest BCUT2D eigenvalue weighted by Crippen LogP contribution is 2.28. The average molecular weight is 628 g/mol. The van der Waals surface area contributed by atoms with E-state index in [9.17, 15) is 32.9 Å². The smallest absolute Gasteiger partial charge is 0.293 e. The number of hydrogen-bond donors (Lipinski definition) is 4. The van der Waals surface area contributed by atoms with Gasteiger partial charge in [0.05, 0.1) is 9.82 Å². The lowest BCUT2D eigenvalue weighted by atomic mass is 9.98. The Labute approximate surface area is 254 Å². The molecule has 12 nitrogen and oxygen atoms in total. The normalized spacial score (nSPS) is 12.4. The molecule has 228 valence electrons. The van der Waals surface area contributed by atoms with Gasteiger partial charge < -0.3 is 16.0 Å². The lowest BCUT2D eigenvalue weighted by Crippen LogP contribution is -2.46. The number of carbonyl (C=O) groups is 3. The van der Waals surface area contributed by atoms with Gasteiger partial charge in [-0.2, -0.15) is 0 Å². The van der Waals surface area contributed by atoms with E-state index in [0.717, 1.165) is 11.0 Å². The number of benzene rings is 3. The first kappa shape index (κ1) is 33.1. The van der Waals surface area contributed by atoms with Crippen LogP contribution in [0.3, 0.4) is 0 Å². The van der Waals surface area contributed by atoms with E-state index in [1.165, 1.54) is 43.3 Å². The van der Waals surface area contributed by atoms with E-state index in [2.05, 4.69) is 16.0 Å². The van der Waals surface area contributed by atoms with Gasteiger partial charge in [-0.3, -0.25) is 24.5 Å². The Bertz CT molecular complexity index is 1570. The monoisotopic (exact) mass is 627 g/mol. The second kappa shape index (κ2) is 15.2. The molecule has 0 bridgehead atoms. The number of sulfonamides is 1. The zero-order valence-electron chi connectivity index (χ0n) is 23.8. The van der Waals surface area contributed by atoms with Crippen molar-refractivity contribution in [3.8, 4) is 0 Å². The van der Waals surface area contributed by atoms with Crippen LogP contribution in [-0.2, 0) is 19.6 Å². The Morgan fingerprint density at radius 3 is 2.28 bits per heavy atom. The number of thioether (sulfide) groups is 1. The molecule has 3 amide bonds. The van der Waals surface area contributed by atoms with Crippen molar-refractivity contribution in [2.24, 2.45) is 5.92 Å². The minimum atomic E-state index is -4.45. The zero-order chi connectivity index (χ0) is 31.6. The van der Waals surface area contributed by atoms with E-state index < -0.39 is 43.4 Å². The van der Waals surface area contributed by atoms with Crippen molar-refractivity contribution in [1.29, 1.82) is 0 Å². The van der Waals surface area contributed by atoms with Gasteiger partial charge >= 0.3 is 0 Å². The molecule has 4 N–H and O–H groups in total. The molecule has 0 radical (unpaired) electrons. The topological polar surface area (TPSA) is 177 Å². The zero-order valence-corrected chi connectivity index (χ0v) is 25.5. The number of carbonyl (C=O) groups excluding carboxylic acids is 3. The highest BCUT2D eigenvalue weighted by Gasteiger charge is 2.26. The minimum Gasteiger partial charge on any atom is -0.379 e. The Hall–Kier alpha value is -4.43. The van der Waals surface area contributed by atoms with E-state index in [1.54, 1.807) is 11.8 Å². The summed E-state index contributed by atoms with van der Waals surface area (Å²) < 4.78 is 27.8. The predicted octanol–water partition coefficient (Wildman–Crippen LogP) is 4.41. The molecule has 3 aromatic rings. The number of rotatable bonds is 14. The van der Waals surface area contributed by atoms with Crippen molar-refractivity contribution in [2.45, 2.75) is 43.0 Å². The third kappa shape index (κ3) is 9.54. The van der Waals surface area contributed by atoms with Crippen molar-refractivity contribution >= 4 is 56.6 Å². The van der Waals surface area contributed by atoms with Crippen LogP contribution in [0.4, 0.5) is 17.1 Å². The molecule has 43 heavy (non-hydrogen) atoms. The molecule has 0 heterocycles. The lowest BCUT2D eigenvalue weighted by Gasteiger charge is -2.22. The largest absolute Gasteiger partial charge is 0.379 e. The third-order valence-electron chi connectivity index (χ3n) is 6.40. The quantitative estimate of drug-likeness (QED) is 0.0873. The molecule has 0 saturated heterocycles. The number of nitro groups is 1. The summed E-state index contributed by atoms with van der Waals surface area (Å²) in [7, 11) is -4.45. The highest BCUT2D eigenvalue weighted by molar-refractivity contribution is 7.99. The van der Waals surface area contributed by atoms with E-state index >= 15 is 0 Å². The van der Waals surface area contributed by atoms with Crippen LogP contribution in [0.2, 0.25) is 0 Å². The standard InChI is InChI=1S/C29H33N5O7S2/c1-4-19(2)27(31-20(3)35)29(37)32-22-12-10-21(11-13-22)28(36)33-43(40,41)24-14-15-25(26(18-24)34(38)39)30-16-17-42-23-8-6-5-7-9-23/h5-15,18-19,27,30H,4,16-17H2,1-3H3,(H,31,35)(H,32,37)(H,33,36)/t19?,27-/m0/s1. The summed E-state index contributed by atoms with van der Waals surface area (Å²) in [5.74, 6) is -1.25. The maximum atomic E-state index is 12.9. The molecule has 3 rings (SSSR count). The van der Waals surface area contributed by atoms with Crippen molar-refractivity contribution in [2.75, 3.05) is 22.9 Å². The fourth-order valence-electron chi connectivity index (χ4n) is 3.94. The van der Waals surface area contributed by atoms with Crippen molar-refractivity contribution in [3.05, 3.63) is 88.5 Å². The molecule has 0 aromatic heterocycles. The predicted molar refractivity (Wildman–Crippen MR) is 166 cm³/mol. The molecule has 0 aliphatic rings. The van der Waals surface area contributed by atoms with Gasteiger partial charge in [0, 0.05) is 41.4 Å². The first-order chi connectivity index (χ1) is 20.4. The fourth-order valence-corrected chi connectivity index (χ4v) is 5.72. The van der Waals surface area contributed by atoms with Crippen LogP contribution in [0, 0.1) is 16.0 Å². The van der Waals surface area contributed by atoms with Crippen LogP contribution in [0.15, 0.2) is 82.6 Å². The number of hydrogen-bond acceptors (Lipinski definition) is 9. The molecular formula is C29H33N5O7S2. The number of nitro benzene ring substituents is 1. The van der Waals surface area contributed by atoms with E-state index in [1.807, 2.05) is 48.9 Å². The van der Waals surface area contributed by atoms with Crippen LogP contribution in [0.25, 0.3) is 0 Å². The summed E-state index contributed by atoms with van der Waals surface area (Å²) in [4.78, 5) is 48.5. The van der Waals surface area contributed by atoms with Gasteiger partial charge in [-0.05, 0) is 54.4 Å². The van der Waals surface area contributed by atoms with E-state index in [-0.39, 0.29) is 23.1 Å². The van der Waals surface area contributed by atoms with Gasteiger partial charge in [-0.25, -0.2) is 13.1 Å². The lowest BCUT2D eigenvalue weighted by molar-refractivity contribution is -0.384. The summed E-state index contributed by atoms with van der Waals surface area (Å²) in [6, 6.07) is 17.7. The summed E-state index contributed by atoms with van der Waals surface area (Å²) in [6.07, 6.45) is 0.655. The fraction of sp³-hybridized carbons (Fsp3) is 0.276. The van der Waals surface area contributed by atoms with Gasteiger partial charge in [-0.1, -0.05) is 38.5 Å². The average Bonchev–Trinajstić information content (AvgIpc) is 2.98. The SMILES string of the molecule is CCC(C)[C@H](NC(C)=O)C(=O)Nc1ccc(C(=O)NS(=O)(=O)c2ccc(NCCSc3ccccc3)c([N+](=O)[O-])c2)cc1. The molecule has 14 heteroatoms. The molecule has 3 aromatic carbocycles. The van der Waals surface area contributed by atoms with Crippen molar-refractivity contribution in [3.63, 3.8) is 0 Å². The molecule has 0 aliphatic carbocycles. The van der Waals surface area contributed by atoms with E-state index in [4.69, 9.17) is 0 Å². The number of amides is 3. The highest BCUT2D eigenvalue weighted by atomic mass is 32.2. The van der Waals surface area contributed by atoms with Gasteiger partial charge in [0.2, 0.25) is 11.8 Å². The molecule has 0 aliphatic heterocycles. The maximum Gasteiger partial charge on any atom is 0.293 e. The second-order valence-electron chi connectivity index (χ2n) is 9.59. The number of nitrogens with zero attached hydrogens (tertiary/aromatic N) is 1. The first-order valence-corrected chi connectivity index (χ1v) is 15.8. The Morgan fingerprint density at radius 2 is 1.67 bits per heavy atom. The van der Waals surface area contributed by atoms with Crippen LogP contribution in [0.5, 0.6) is 0 Å². The van der Waals surface area contributed by atoms with E-state index in [0.29, 0.717) is 24.4 Å². The summed E-state index contributed by atoms with van der Waals surface area (Å²) in [5.41, 5.74) is 0.0142. The minimum absolute atomic E-state index is 0.0226. The molecule has 0 saturated carbocycles. The van der Waals surface area contributed by atoms with Crippen molar-refractivity contribution in [1.82, 2.24) is 10.0 Å². The van der Waals surface area contributed by atoms with Crippen LogP contribution >= 0.6 is 11.8 Å². The molecule has 1 unspecified atom stereocenters. The summed E-state index contributed by atoms with van der Waals surface area (Å²) >= 11 is 1.56. The van der Waals surface area contributed by atoms with Gasteiger partial charge in [0.15, 0.2) is 0 Å². The Balaban J connectivity index is 1.65. The first-order valence-electron chi connectivity index (χ1n) is 13.4. The van der Waals surface area contributed by atoms with Crippen LogP contribution < -0.4 is 20.7 Å². The third-order valence-corrected chi connectivity index (χ3v) is 8.74. The molecule has 0 spiro atoms. The van der Waals surface area contributed by atoms with Crippen LogP contribution in [-0.4, -0.2) is 49.4 Å². The summed E-state index contributed by atoms with van der Waals surface area (Å²) in [5, 5.41) is 19.9. The molecule has 2 atom stereocenters. The summed E-state index contributed by atoms with van der Waals surface area (Å²) in [6.45, 7) is 5.44. The van der Waals surface area contributed by atoms with Crippen molar-refractivity contribution < 1.29 is 27.7 Å². The van der Waals surface area contributed by atoms with Gasteiger partial charge in [0.25, 0.3) is 21.6 Å². The van der Waals surface area contributed by atoms with Gasteiger partial charge in [0.1, 0.15) is 11.7 Å². The second-order valence-corrected chi connectivity index (χ2v) is 12.4. The van der Waals surface area contributed by atoms with Crippen LogP contribution in [0.1, 0.15) is 37.6 Å². The number of anilines is 2. The molecular weight excluding hydrogens is 594 g/mol.